The largest absolute Gasteiger partial charge is 0.207 e. The van der Waals surface area contributed by atoms with Crippen molar-refractivity contribution in [2.75, 3.05) is 0 Å². The molecule has 0 spiro atoms. The molecule has 0 aromatic heterocycles. The second-order valence-electron chi connectivity index (χ2n) is 3.79. The highest BCUT2D eigenvalue weighted by atomic mass is 19.1. The lowest BCUT2D eigenvalue weighted by Crippen LogP contribution is -2.11. The van der Waals surface area contributed by atoms with Crippen LogP contribution in [0.4, 0.5) is 4.39 Å². The highest BCUT2D eigenvalue weighted by Crippen LogP contribution is 2.38. The minimum atomic E-state index is -0.0214. The summed E-state index contributed by atoms with van der Waals surface area (Å²) in [5.74, 6) is 0.623. The van der Waals surface area contributed by atoms with E-state index >= 15 is 0 Å². The van der Waals surface area contributed by atoms with E-state index < -0.39 is 0 Å². The molecular formula is C12H15F. The van der Waals surface area contributed by atoms with Crippen molar-refractivity contribution < 1.29 is 4.39 Å². The van der Waals surface area contributed by atoms with Gasteiger partial charge in [-0.3, -0.25) is 0 Å². The minimum absolute atomic E-state index is 0.0214. The van der Waals surface area contributed by atoms with Crippen LogP contribution in [0.25, 0.3) is 0 Å². The number of hydrogen-bond acceptors (Lipinski definition) is 0. The second kappa shape index (κ2) is 3.49. The standard InChI is InChI=1S/C12H15F/c1-2-10-11(9-5-3-6-9)7-4-8-12(10)13/h4,7-9H,2-3,5-6H2,1H3. The third-order valence-corrected chi connectivity index (χ3v) is 3.05. The molecule has 1 saturated carbocycles. The molecule has 1 aromatic rings. The van der Waals surface area contributed by atoms with Gasteiger partial charge in [0.15, 0.2) is 0 Å². The van der Waals surface area contributed by atoms with Gasteiger partial charge in [0.2, 0.25) is 0 Å². The first-order chi connectivity index (χ1) is 6.33. The molecule has 0 radical (unpaired) electrons. The van der Waals surface area contributed by atoms with E-state index in [2.05, 4.69) is 6.07 Å². The Kier molecular flexibility index (Phi) is 2.34. The average molecular weight is 178 g/mol. The molecular weight excluding hydrogens is 163 g/mol. The van der Waals surface area contributed by atoms with E-state index in [1.807, 2.05) is 13.0 Å². The fourth-order valence-corrected chi connectivity index (χ4v) is 2.05. The summed E-state index contributed by atoms with van der Waals surface area (Å²) >= 11 is 0. The zero-order chi connectivity index (χ0) is 9.26. The molecule has 1 aromatic carbocycles. The van der Waals surface area contributed by atoms with Crippen molar-refractivity contribution in [2.45, 2.75) is 38.5 Å². The lowest BCUT2D eigenvalue weighted by atomic mass is 9.78. The van der Waals surface area contributed by atoms with Crippen molar-refractivity contribution in [1.29, 1.82) is 0 Å². The molecule has 0 atom stereocenters. The van der Waals surface area contributed by atoms with Gasteiger partial charge in [0.1, 0.15) is 5.82 Å². The lowest BCUT2D eigenvalue weighted by Gasteiger charge is -2.27. The van der Waals surface area contributed by atoms with Crippen LogP contribution in [0.1, 0.15) is 43.2 Å². The number of hydrogen-bond donors (Lipinski definition) is 0. The van der Waals surface area contributed by atoms with Crippen LogP contribution in [0, 0.1) is 5.82 Å². The first kappa shape index (κ1) is 8.74. The molecule has 1 fully saturated rings. The molecule has 0 nitrogen and oxygen atoms in total. The highest BCUT2D eigenvalue weighted by molar-refractivity contribution is 5.32. The maximum atomic E-state index is 13.4. The predicted molar refractivity (Wildman–Crippen MR) is 52.4 cm³/mol. The van der Waals surface area contributed by atoms with E-state index in [0.29, 0.717) is 5.92 Å². The van der Waals surface area contributed by atoms with Gasteiger partial charge in [-0.2, -0.15) is 0 Å². The van der Waals surface area contributed by atoms with Gasteiger partial charge in [-0.05, 0) is 42.4 Å². The summed E-state index contributed by atoms with van der Waals surface area (Å²) in [6.45, 7) is 2.03. The normalized spacial score (nSPS) is 17.1. The van der Waals surface area contributed by atoms with Gasteiger partial charge in [0.25, 0.3) is 0 Å². The van der Waals surface area contributed by atoms with Crippen molar-refractivity contribution in [3.05, 3.63) is 35.1 Å². The summed E-state index contributed by atoms with van der Waals surface area (Å²) in [7, 11) is 0. The van der Waals surface area contributed by atoms with Crippen LogP contribution < -0.4 is 0 Å². The molecule has 2 rings (SSSR count). The monoisotopic (exact) mass is 178 g/mol. The van der Waals surface area contributed by atoms with Crippen molar-refractivity contribution >= 4 is 0 Å². The summed E-state index contributed by atoms with van der Waals surface area (Å²) in [5.41, 5.74) is 2.20. The maximum Gasteiger partial charge on any atom is 0.126 e. The molecule has 1 heteroatoms. The van der Waals surface area contributed by atoms with Gasteiger partial charge in [0, 0.05) is 0 Å². The third kappa shape index (κ3) is 1.48. The molecule has 0 unspecified atom stereocenters. The van der Waals surface area contributed by atoms with Crippen molar-refractivity contribution in [2.24, 2.45) is 0 Å². The van der Waals surface area contributed by atoms with Gasteiger partial charge < -0.3 is 0 Å². The zero-order valence-electron chi connectivity index (χ0n) is 8.02. The Morgan fingerprint density at radius 1 is 1.38 bits per heavy atom. The quantitative estimate of drug-likeness (QED) is 0.648. The van der Waals surface area contributed by atoms with Crippen molar-refractivity contribution in [3.8, 4) is 0 Å². The topological polar surface area (TPSA) is 0 Å². The maximum absolute atomic E-state index is 13.4. The SMILES string of the molecule is CCc1c(F)cccc1C1CCC1. The number of benzene rings is 1. The van der Waals surface area contributed by atoms with Crippen LogP contribution in [-0.2, 0) is 6.42 Å². The van der Waals surface area contributed by atoms with E-state index in [1.165, 1.54) is 24.8 Å². The molecule has 0 saturated heterocycles. The molecule has 13 heavy (non-hydrogen) atoms. The number of rotatable bonds is 2. The first-order valence-electron chi connectivity index (χ1n) is 5.10. The van der Waals surface area contributed by atoms with Gasteiger partial charge >= 0.3 is 0 Å². The van der Waals surface area contributed by atoms with Crippen LogP contribution in [0.15, 0.2) is 18.2 Å². The van der Waals surface area contributed by atoms with Gasteiger partial charge in [-0.15, -0.1) is 0 Å². The summed E-state index contributed by atoms with van der Waals surface area (Å²) in [4.78, 5) is 0. The Labute approximate surface area is 78.8 Å². The van der Waals surface area contributed by atoms with Crippen LogP contribution in [0.2, 0.25) is 0 Å². The molecule has 0 heterocycles. The Hall–Kier alpha value is -0.850. The molecule has 1 aliphatic carbocycles. The number of halogens is 1. The Balaban J connectivity index is 2.37. The molecule has 0 amide bonds. The third-order valence-electron chi connectivity index (χ3n) is 3.05. The van der Waals surface area contributed by atoms with E-state index in [9.17, 15) is 4.39 Å². The summed E-state index contributed by atoms with van der Waals surface area (Å²) in [5, 5.41) is 0. The smallest absolute Gasteiger partial charge is 0.126 e. The summed E-state index contributed by atoms with van der Waals surface area (Å²) in [6.07, 6.45) is 4.62. The average Bonchev–Trinajstić information content (AvgIpc) is 2.01. The van der Waals surface area contributed by atoms with E-state index in [1.54, 1.807) is 6.07 Å². The van der Waals surface area contributed by atoms with Crippen LogP contribution in [0.3, 0.4) is 0 Å². The van der Waals surface area contributed by atoms with Gasteiger partial charge in [-0.1, -0.05) is 25.5 Å². The first-order valence-corrected chi connectivity index (χ1v) is 5.10. The van der Waals surface area contributed by atoms with Crippen LogP contribution >= 0.6 is 0 Å². The highest BCUT2D eigenvalue weighted by Gasteiger charge is 2.22. The summed E-state index contributed by atoms with van der Waals surface area (Å²) in [6, 6.07) is 5.49. The van der Waals surface area contributed by atoms with Gasteiger partial charge in [0.05, 0.1) is 0 Å². The van der Waals surface area contributed by atoms with Crippen LogP contribution in [0.5, 0.6) is 0 Å². The fourth-order valence-electron chi connectivity index (χ4n) is 2.05. The molecule has 70 valence electrons. The van der Waals surface area contributed by atoms with E-state index in [4.69, 9.17) is 0 Å². The zero-order valence-corrected chi connectivity index (χ0v) is 8.02. The molecule has 0 N–H and O–H groups in total. The summed E-state index contributed by atoms with van der Waals surface area (Å²) < 4.78 is 13.4. The molecule has 0 aliphatic heterocycles. The molecule has 1 aliphatic rings. The van der Waals surface area contributed by atoms with E-state index in [-0.39, 0.29) is 5.82 Å². The van der Waals surface area contributed by atoms with Crippen molar-refractivity contribution in [3.63, 3.8) is 0 Å². The van der Waals surface area contributed by atoms with Crippen LogP contribution in [-0.4, -0.2) is 0 Å². The Morgan fingerprint density at radius 3 is 2.69 bits per heavy atom. The lowest BCUT2D eigenvalue weighted by molar-refractivity contribution is 0.415. The Morgan fingerprint density at radius 2 is 2.15 bits per heavy atom. The van der Waals surface area contributed by atoms with E-state index in [0.717, 1.165) is 12.0 Å². The second-order valence-corrected chi connectivity index (χ2v) is 3.79. The molecule has 0 bridgehead atoms. The van der Waals surface area contributed by atoms with Crippen molar-refractivity contribution in [1.82, 2.24) is 0 Å². The minimum Gasteiger partial charge on any atom is -0.207 e. The predicted octanol–water partition coefficient (Wildman–Crippen LogP) is 3.66. The van der Waals surface area contributed by atoms with Gasteiger partial charge in [-0.25, -0.2) is 4.39 Å². The fraction of sp³-hybridized carbons (Fsp3) is 0.500. The Bertz CT molecular complexity index is 300.